The van der Waals surface area contributed by atoms with Crippen LogP contribution in [0, 0.1) is 13.8 Å². The molecule has 11 heteroatoms. The first-order chi connectivity index (χ1) is 18.6. The third-order valence-electron chi connectivity index (χ3n) is 7.05. The number of amides is 2. The summed E-state index contributed by atoms with van der Waals surface area (Å²) in [7, 11) is 0. The summed E-state index contributed by atoms with van der Waals surface area (Å²) in [5, 5.41) is 4.55. The minimum atomic E-state index is -0.496. The molecule has 11 nitrogen and oxygen atoms in total. The summed E-state index contributed by atoms with van der Waals surface area (Å²) in [6.07, 6.45) is 8.96. The summed E-state index contributed by atoms with van der Waals surface area (Å²) in [4.78, 5) is 39.4. The zero-order valence-electron chi connectivity index (χ0n) is 23.6. The predicted molar refractivity (Wildman–Crippen MR) is 152 cm³/mol. The number of aromatic nitrogens is 4. The normalized spacial score (nSPS) is 16.1. The second kappa shape index (κ2) is 11.9. The van der Waals surface area contributed by atoms with E-state index in [1.807, 2.05) is 26.8 Å². The van der Waals surface area contributed by atoms with Crippen molar-refractivity contribution in [3.05, 3.63) is 35.8 Å². The summed E-state index contributed by atoms with van der Waals surface area (Å²) in [6, 6.07) is 4.50. The summed E-state index contributed by atoms with van der Waals surface area (Å²) in [6.45, 7) is 12.5. The molecular formula is C28H40N8O3. The second-order valence-electron chi connectivity index (χ2n) is 11.1. The average molecular weight is 537 g/mol. The van der Waals surface area contributed by atoms with Gasteiger partial charge in [-0.3, -0.25) is 4.79 Å². The number of hydrogen-bond acceptors (Lipinski definition) is 8. The maximum atomic E-state index is 12.5. The van der Waals surface area contributed by atoms with E-state index in [4.69, 9.17) is 19.5 Å². The molecular weight excluding hydrogens is 496 g/mol. The summed E-state index contributed by atoms with van der Waals surface area (Å²) < 4.78 is 7.89. The summed E-state index contributed by atoms with van der Waals surface area (Å²) in [5.74, 6) is 1.28. The van der Waals surface area contributed by atoms with Crippen LogP contribution < -0.4 is 16.0 Å². The lowest BCUT2D eigenvalue weighted by Gasteiger charge is -2.37. The molecule has 5 rings (SSSR count). The van der Waals surface area contributed by atoms with Gasteiger partial charge in [-0.2, -0.15) is 4.98 Å². The molecule has 0 aromatic carbocycles. The van der Waals surface area contributed by atoms with E-state index in [1.54, 1.807) is 11.1 Å². The Kier molecular flexibility index (Phi) is 8.57. The number of nitrogens with two attached hydrogens (primary N) is 1. The lowest BCUT2D eigenvalue weighted by atomic mass is 10.2. The van der Waals surface area contributed by atoms with E-state index in [0.717, 1.165) is 28.2 Å². The lowest BCUT2D eigenvalue weighted by molar-refractivity contribution is -0.106. The first kappa shape index (κ1) is 28.1. The fourth-order valence-electron chi connectivity index (χ4n) is 5.37. The van der Waals surface area contributed by atoms with Crippen molar-refractivity contribution in [2.45, 2.75) is 71.9 Å². The minimum Gasteiger partial charge on any atom is -0.444 e. The fourth-order valence-corrected chi connectivity index (χ4v) is 5.37. The summed E-state index contributed by atoms with van der Waals surface area (Å²) >= 11 is 0. The van der Waals surface area contributed by atoms with Crippen molar-refractivity contribution in [2.75, 3.05) is 36.4 Å². The highest BCUT2D eigenvalue weighted by Crippen LogP contribution is 2.35. The van der Waals surface area contributed by atoms with Gasteiger partial charge in [-0.1, -0.05) is 12.8 Å². The van der Waals surface area contributed by atoms with Crippen LogP contribution in [0.1, 0.15) is 63.8 Å². The van der Waals surface area contributed by atoms with Gasteiger partial charge < -0.3 is 30.2 Å². The molecule has 4 heterocycles. The molecule has 0 bridgehead atoms. The van der Waals surface area contributed by atoms with Gasteiger partial charge in [0.05, 0.1) is 11.4 Å². The van der Waals surface area contributed by atoms with Crippen molar-refractivity contribution in [3.63, 3.8) is 0 Å². The molecule has 1 aliphatic carbocycles. The average Bonchev–Trinajstić information content (AvgIpc) is 3.52. The van der Waals surface area contributed by atoms with Gasteiger partial charge >= 0.3 is 6.09 Å². The van der Waals surface area contributed by atoms with E-state index in [1.165, 1.54) is 31.2 Å². The van der Waals surface area contributed by atoms with Gasteiger partial charge in [-0.15, -0.1) is 0 Å². The number of aryl methyl sites for hydroxylation is 2. The number of piperazine rings is 1. The quantitative estimate of drug-likeness (QED) is 0.467. The molecule has 3 aromatic rings. The van der Waals surface area contributed by atoms with Gasteiger partial charge in [0.15, 0.2) is 5.82 Å². The Labute approximate surface area is 229 Å². The maximum Gasteiger partial charge on any atom is 0.410 e. The highest BCUT2D eigenvalue weighted by atomic mass is 16.6. The zero-order valence-corrected chi connectivity index (χ0v) is 23.6. The number of rotatable bonds is 4. The van der Waals surface area contributed by atoms with Crippen LogP contribution in [0.4, 0.5) is 22.2 Å². The SMILES string of the molecule is Cc1cn(C2CCCC2)c2nc(Nc3ncccc3N3CCN(C(=O)OC(C)(C)C)CC3)nc(C)c12.NC=O. The van der Waals surface area contributed by atoms with E-state index in [-0.39, 0.29) is 12.5 Å². The van der Waals surface area contributed by atoms with Crippen LogP contribution in [-0.2, 0) is 9.53 Å². The molecule has 1 saturated carbocycles. The molecule has 2 amide bonds. The highest BCUT2D eigenvalue weighted by Gasteiger charge is 2.27. The van der Waals surface area contributed by atoms with Crippen LogP contribution >= 0.6 is 0 Å². The number of nitrogens with one attached hydrogen (secondary N) is 1. The lowest BCUT2D eigenvalue weighted by Crippen LogP contribution is -2.50. The molecule has 1 saturated heterocycles. The fraction of sp³-hybridized carbons (Fsp3) is 0.536. The molecule has 0 radical (unpaired) electrons. The third kappa shape index (κ3) is 6.58. The van der Waals surface area contributed by atoms with Gasteiger partial charge in [-0.25, -0.2) is 14.8 Å². The first-order valence-electron chi connectivity index (χ1n) is 13.6. The van der Waals surface area contributed by atoms with Crippen molar-refractivity contribution < 1.29 is 14.3 Å². The second-order valence-corrected chi connectivity index (χ2v) is 11.1. The first-order valence-corrected chi connectivity index (χ1v) is 13.6. The van der Waals surface area contributed by atoms with E-state index in [9.17, 15) is 4.79 Å². The van der Waals surface area contributed by atoms with Crippen molar-refractivity contribution in [3.8, 4) is 0 Å². The number of ether oxygens (including phenoxy) is 1. The number of fused-ring (bicyclic) bond motifs is 1. The Bertz CT molecular complexity index is 1300. The van der Waals surface area contributed by atoms with Gasteiger partial charge in [-0.05, 0) is 65.2 Å². The molecule has 1 aliphatic heterocycles. The zero-order chi connectivity index (χ0) is 28.2. The van der Waals surface area contributed by atoms with Crippen LogP contribution in [0.5, 0.6) is 0 Å². The molecule has 3 aromatic heterocycles. The molecule has 3 N–H and O–H groups in total. The van der Waals surface area contributed by atoms with E-state index < -0.39 is 5.60 Å². The Morgan fingerprint density at radius 1 is 1.13 bits per heavy atom. The highest BCUT2D eigenvalue weighted by molar-refractivity contribution is 5.84. The van der Waals surface area contributed by atoms with Gasteiger partial charge in [0.2, 0.25) is 12.4 Å². The monoisotopic (exact) mass is 536 g/mol. The molecule has 0 unspecified atom stereocenters. The topological polar surface area (TPSA) is 132 Å². The van der Waals surface area contributed by atoms with Crippen molar-refractivity contribution >= 4 is 41.0 Å². The number of carbonyl (C=O) groups is 2. The predicted octanol–water partition coefficient (Wildman–Crippen LogP) is 4.46. The van der Waals surface area contributed by atoms with Crippen LogP contribution in [-0.4, -0.2) is 68.7 Å². The van der Waals surface area contributed by atoms with Crippen LogP contribution in [0.2, 0.25) is 0 Å². The Morgan fingerprint density at radius 2 is 1.79 bits per heavy atom. The number of hydrogen-bond donors (Lipinski definition) is 2. The van der Waals surface area contributed by atoms with E-state index in [2.05, 4.69) is 51.6 Å². The minimum absolute atomic E-state index is 0.250. The summed E-state index contributed by atoms with van der Waals surface area (Å²) in [5.41, 5.74) is 7.84. The van der Waals surface area contributed by atoms with Gasteiger partial charge in [0, 0.05) is 50.0 Å². The Balaban J connectivity index is 0.00000112. The number of nitrogens with zero attached hydrogens (tertiary/aromatic N) is 6. The van der Waals surface area contributed by atoms with Crippen LogP contribution in [0.15, 0.2) is 24.5 Å². The number of carbonyl (C=O) groups excluding carboxylic acids is 2. The van der Waals surface area contributed by atoms with Crippen molar-refractivity contribution in [1.82, 2.24) is 24.4 Å². The van der Waals surface area contributed by atoms with E-state index in [0.29, 0.717) is 38.2 Å². The standard InChI is InChI=1S/C27H37N7O2.CH3NO/c1-18-17-34(20-9-6-7-10-20)24-22(18)19(2)29-25(31-24)30-23-21(11-8-12-28-23)32-13-15-33(16-14-32)26(35)36-27(3,4)5;2-1-3/h8,11-12,17,20H,6-7,9-10,13-16H2,1-5H3,(H,28,29,30,31);1H,(H2,2,3). The Hall–Kier alpha value is -3.89. The smallest absolute Gasteiger partial charge is 0.410 e. The number of anilines is 3. The number of primary amides is 1. The molecule has 210 valence electrons. The molecule has 39 heavy (non-hydrogen) atoms. The van der Waals surface area contributed by atoms with Gasteiger partial charge in [0.1, 0.15) is 11.2 Å². The molecule has 0 atom stereocenters. The number of pyridine rings is 1. The Morgan fingerprint density at radius 3 is 2.44 bits per heavy atom. The molecule has 2 aliphatic rings. The molecule has 2 fully saturated rings. The maximum absolute atomic E-state index is 12.5. The molecule has 0 spiro atoms. The third-order valence-corrected chi connectivity index (χ3v) is 7.05. The van der Waals surface area contributed by atoms with Crippen LogP contribution in [0.3, 0.4) is 0 Å². The van der Waals surface area contributed by atoms with Crippen molar-refractivity contribution in [1.29, 1.82) is 0 Å². The van der Waals surface area contributed by atoms with E-state index >= 15 is 0 Å². The van der Waals surface area contributed by atoms with Crippen molar-refractivity contribution in [2.24, 2.45) is 5.73 Å². The van der Waals surface area contributed by atoms with Crippen LogP contribution in [0.25, 0.3) is 11.0 Å². The largest absolute Gasteiger partial charge is 0.444 e. The van der Waals surface area contributed by atoms with Gasteiger partial charge in [0.25, 0.3) is 0 Å².